The van der Waals surface area contributed by atoms with E-state index in [0.29, 0.717) is 6.04 Å². The first-order valence-electron chi connectivity index (χ1n) is 6.38. The largest absolute Gasteiger partial charge is 0.340 e. The molecule has 2 aromatic carbocycles. The van der Waals surface area contributed by atoms with Crippen LogP contribution in [0.3, 0.4) is 0 Å². The summed E-state index contributed by atoms with van der Waals surface area (Å²) in [4.78, 5) is 0. The van der Waals surface area contributed by atoms with Crippen molar-refractivity contribution in [2.24, 2.45) is 0 Å². The highest BCUT2D eigenvalue weighted by molar-refractivity contribution is 5.83. The zero-order chi connectivity index (χ0) is 12.5. The average molecular weight is 235 g/mol. The number of aryl methyl sites for hydroxylation is 1. The van der Waals surface area contributed by atoms with Crippen LogP contribution >= 0.6 is 0 Å². The Morgan fingerprint density at radius 1 is 0.889 bits per heavy atom. The number of benzene rings is 2. The van der Waals surface area contributed by atoms with Crippen LogP contribution in [-0.4, -0.2) is 4.57 Å². The summed E-state index contributed by atoms with van der Waals surface area (Å²) in [6, 6.07) is 19.6. The second-order valence-electron chi connectivity index (χ2n) is 4.82. The molecule has 1 atom stereocenters. The number of nitrogens with zero attached hydrogens (tertiary/aromatic N) is 1. The Balaban J connectivity index is 2.15. The molecule has 0 aliphatic carbocycles. The minimum atomic E-state index is 0.366. The van der Waals surface area contributed by atoms with Gasteiger partial charge in [-0.05, 0) is 31.0 Å². The molecule has 0 fully saturated rings. The SMILES string of the molecule is Cc1cn(C(C)c2ccccc2)c2ccccc12. The number of hydrogen-bond donors (Lipinski definition) is 0. The van der Waals surface area contributed by atoms with E-state index in [2.05, 4.69) is 79.2 Å². The number of hydrogen-bond acceptors (Lipinski definition) is 0. The molecule has 1 heteroatoms. The quantitative estimate of drug-likeness (QED) is 0.613. The summed E-state index contributed by atoms with van der Waals surface area (Å²) in [6.45, 7) is 4.43. The molecular formula is C17H17N. The molecule has 0 saturated heterocycles. The standard InChI is InChI=1S/C17H17N/c1-13-12-18(17-11-7-6-10-16(13)17)14(2)15-8-4-3-5-9-15/h3-12,14H,1-2H3. The number of fused-ring (bicyclic) bond motifs is 1. The van der Waals surface area contributed by atoms with Crippen molar-refractivity contribution >= 4 is 10.9 Å². The molecule has 0 aliphatic rings. The third kappa shape index (κ3) is 1.72. The number of para-hydroxylation sites is 1. The van der Waals surface area contributed by atoms with Gasteiger partial charge in [-0.3, -0.25) is 0 Å². The lowest BCUT2D eigenvalue weighted by molar-refractivity contribution is 0.663. The fourth-order valence-electron chi connectivity index (χ4n) is 2.59. The Morgan fingerprint density at radius 3 is 2.33 bits per heavy atom. The Labute approximate surface area is 108 Å². The Kier molecular flexibility index (Phi) is 2.67. The minimum absolute atomic E-state index is 0.366. The fraction of sp³-hybridized carbons (Fsp3) is 0.176. The molecule has 1 nitrogen and oxygen atoms in total. The minimum Gasteiger partial charge on any atom is -0.340 e. The van der Waals surface area contributed by atoms with E-state index in [4.69, 9.17) is 0 Å². The van der Waals surface area contributed by atoms with E-state index in [-0.39, 0.29) is 0 Å². The lowest BCUT2D eigenvalue weighted by Crippen LogP contribution is -2.04. The van der Waals surface area contributed by atoms with Crippen molar-refractivity contribution in [2.75, 3.05) is 0 Å². The van der Waals surface area contributed by atoms with Crippen molar-refractivity contribution in [3.05, 3.63) is 71.9 Å². The monoisotopic (exact) mass is 235 g/mol. The zero-order valence-corrected chi connectivity index (χ0v) is 10.8. The van der Waals surface area contributed by atoms with E-state index in [1.54, 1.807) is 0 Å². The maximum atomic E-state index is 2.36. The van der Waals surface area contributed by atoms with E-state index in [1.165, 1.54) is 22.0 Å². The summed E-state index contributed by atoms with van der Waals surface area (Å²) in [5, 5.41) is 1.35. The zero-order valence-electron chi connectivity index (χ0n) is 10.8. The summed E-state index contributed by atoms with van der Waals surface area (Å²) < 4.78 is 2.36. The van der Waals surface area contributed by atoms with E-state index in [0.717, 1.165) is 0 Å². The van der Waals surface area contributed by atoms with Crippen LogP contribution in [0.1, 0.15) is 24.1 Å². The third-order valence-electron chi connectivity index (χ3n) is 3.64. The van der Waals surface area contributed by atoms with Gasteiger partial charge in [0.2, 0.25) is 0 Å². The predicted octanol–water partition coefficient (Wildman–Crippen LogP) is 4.56. The van der Waals surface area contributed by atoms with Gasteiger partial charge in [-0.2, -0.15) is 0 Å². The van der Waals surface area contributed by atoms with Crippen molar-refractivity contribution in [1.29, 1.82) is 0 Å². The third-order valence-corrected chi connectivity index (χ3v) is 3.64. The van der Waals surface area contributed by atoms with Crippen LogP contribution in [0.2, 0.25) is 0 Å². The highest BCUT2D eigenvalue weighted by Crippen LogP contribution is 2.27. The smallest absolute Gasteiger partial charge is 0.0557 e. The first-order chi connectivity index (χ1) is 8.77. The van der Waals surface area contributed by atoms with Crippen molar-refractivity contribution in [3.63, 3.8) is 0 Å². The first kappa shape index (κ1) is 11.1. The first-order valence-corrected chi connectivity index (χ1v) is 6.38. The van der Waals surface area contributed by atoms with Gasteiger partial charge in [-0.15, -0.1) is 0 Å². The molecule has 1 heterocycles. The second kappa shape index (κ2) is 4.34. The molecule has 0 N–H and O–H groups in total. The van der Waals surface area contributed by atoms with Gasteiger partial charge >= 0.3 is 0 Å². The van der Waals surface area contributed by atoms with Crippen LogP contribution in [0.4, 0.5) is 0 Å². The topological polar surface area (TPSA) is 4.93 Å². The van der Waals surface area contributed by atoms with Gasteiger partial charge in [0.15, 0.2) is 0 Å². The molecule has 1 unspecified atom stereocenters. The molecule has 0 spiro atoms. The van der Waals surface area contributed by atoms with Gasteiger partial charge in [0.05, 0.1) is 6.04 Å². The van der Waals surface area contributed by atoms with Crippen LogP contribution in [0.15, 0.2) is 60.8 Å². The van der Waals surface area contributed by atoms with E-state index in [9.17, 15) is 0 Å². The van der Waals surface area contributed by atoms with E-state index < -0.39 is 0 Å². The molecule has 0 saturated carbocycles. The van der Waals surface area contributed by atoms with Crippen LogP contribution in [-0.2, 0) is 0 Å². The summed E-state index contributed by atoms with van der Waals surface area (Å²) >= 11 is 0. The molecule has 0 radical (unpaired) electrons. The molecule has 0 aliphatic heterocycles. The predicted molar refractivity (Wildman–Crippen MR) is 76.9 cm³/mol. The molecule has 1 aromatic heterocycles. The van der Waals surface area contributed by atoms with Crippen LogP contribution in [0, 0.1) is 6.92 Å². The highest BCUT2D eigenvalue weighted by Gasteiger charge is 2.11. The second-order valence-corrected chi connectivity index (χ2v) is 4.82. The number of rotatable bonds is 2. The van der Waals surface area contributed by atoms with Gasteiger partial charge in [-0.25, -0.2) is 0 Å². The summed E-state index contributed by atoms with van der Waals surface area (Å²) in [7, 11) is 0. The summed E-state index contributed by atoms with van der Waals surface area (Å²) in [5.41, 5.74) is 4.00. The van der Waals surface area contributed by atoms with Crippen molar-refractivity contribution < 1.29 is 0 Å². The number of aromatic nitrogens is 1. The molecular weight excluding hydrogens is 218 g/mol. The molecule has 18 heavy (non-hydrogen) atoms. The van der Waals surface area contributed by atoms with Gasteiger partial charge in [0, 0.05) is 17.1 Å². The lowest BCUT2D eigenvalue weighted by atomic mass is 10.1. The van der Waals surface area contributed by atoms with Crippen molar-refractivity contribution in [1.82, 2.24) is 4.57 Å². The highest BCUT2D eigenvalue weighted by atomic mass is 15.0. The molecule has 3 aromatic rings. The molecule has 0 bridgehead atoms. The summed E-state index contributed by atoms with van der Waals surface area (Å²) in [5.74, 6) is 0. The van der Waals surface area contributed by atoms with Crippen LogP contribution in [0.25, 0.3) is 10.9 Å². The average Bonchev–Trinajstić information content (AvgIpc) is 2.77. The van der Waals surface area contributed by atoms with E-state index in [1.807, 2.05) is 0 Å². The van der Waals surface area contributed by atoms with Gasteiger partial charge in [0.1, 0.15) is 0 Å². The maximum absolute atomic E-state index is 2.36. The van der Waals surface area contributed by atoms with Crippen molar-refractivity contribution in [3.8, 4) is 0 Å². The van der Waals surface area contributed by atoms with Gasteiger partial charge < -0.3 is 4.57 Å². The van der Waals surface area contributed by atoms with E-state index >= 15 is 0 Å². The fourth-order valence-corrected chi connectivity index (χ4v) is 2.59. The van der Waals surface area contributed by atoms with Crippen molar-refractivity contribution in [2.45, 2.75) is 19.9 Å². The normalized spacial score (nSPS) is 12.8. The molecule has 0 amide bonds. The Hall–Kier alpha value is -2.02. The summed E-state index contributed by atoms with van der Waals surface area (Å²) in [6.07, 6.45) is 2.25. The van der Waals surface area contributed by atoms with Crippen LogP contribution < -0.4 is 0 Å². The molecule has 3 rings (SSSR count). The Bertz CT molecular complexity index is 664. The molecule has 90 valence electrons. The van der Waals surface area contributed by atoms with Gasteiger partial charge in [-0.1, -0.05) is 48.5 Å². The van der Waals surface area contributed by atoms with Crippen LogP contribution in [0.5, 0.6) is 0 Å². The Morgan fingerprint density at radius 2 is 1.56 bits per heavy atom. The lowest BCUT2D eigenvalue weighted by Gasteiger charge is -2.15. The maximum Gasteiger partial charge on any atom is 0.0557 e. The van der Waals surface area contributed by atoms with Gasteiger partial charge in [0.25, 0.3) is 0 Å².